The molecular formula is C12H12BrNO2. The number of esters is 1. The van der Waals surface area contributed by atoms with Crippen LogP contribution in [0, 0.1) is 6.92 Å². The fourth-order valence-electron chi connectivity index (χ4n) is 1.65. The van der Waals surface area contributed by atoms with Crippen molar-refractivity contribution in [3.63, 3.8) is 0 Å². The van der Waals surface area contributed by atoms with Crippen LogP contribution in [0.5, 0.6) is 0 Å². The van der Waals surface area contributed by atoms with Gasteiger partial charge in [0.2, 0.25) is 0 Å². The molecule has 0 spiro atoms. The van der Waals surface area contributed by atoms with E-state index in [-0.39, 0.29) is 5.97 Å². The lowest BCUT2D eigenvalue weighted by atomic mass is 10.2. The fraction of sp³-hybridized carbons (Fsp3) is 0.250. The predicted molar refractivity (Wildman–Crippen MR) is 66.7 cm³/mol. The summed E-state index contributed by atoms with van der Waals surface area (Å²) in [5.41, 5.74) is 2.56. The summed E-state index contributed by atoms with van der Waals surface area (Å²) in [6.45, 7) is 4.18. The number of aromatic nitrogens is 1. The molecule has 0 aliphatic heterocycles. The van der Waals surface area contributed by atoms with Crippen LogP contribution in [-0.2, 0) is 4.74 Å². The highest BCUT2D eigenvalue weighted by Crippen LogP contribution is 2.26. The van der Waals surface area contributed by atoms with E-state index >= 15 is 0 Å². The van der Waals surface area contributed by atoms with E-state index in [4.69, 9.17) is 4.74 Å². The Hall–Kier alpha value is -1.29. The van der Waals surface area contributed by atoms with Crippen LogP contribution in [0.25, 0.3) is 10.9 Å². The molecule has 1 heterocycles. The average molecular weight is 282 g/mol. The van der Waals surface area contributed by atoms with Crippen molar-refractivity contribution in [1.29, 1.82) is 0 Å². The molecule has 0 saturated carbocycles. The van der Waals surface area contributed by atoms with Gasteiger partial charge in [-0.1, -0.05) is 15.9 Å². The Labute approximate surface area is 102 Å². The van der Waals surface area contributed by atoms with Crippen molar-refractivity contribution in [2.24, 2.45) is 0 Å². The number of aryl methyl sites for hydroxylation is 1. The third kappa shape index (κ3) is 1.97. The van der Waals surface area contributed by atoms with E-state index in [9.17, 15) is 4.79 Å². The first-order valence-corrected chi connectivity index (χ1v) is 5.87. The SMILES string of the molecule is CCOC(=O)c1cc2c(Br)cc(C)cc2[nH]1. The summed E-state index contributed by atoms with van der Waals surface area (Å²) in [5.74, 6) is -0.316. The van der Waals surface area contributed by atoms with Crippen molar-refractivity contribution in [2.45, 2.75) is 13.8 Å². The zero-order valence-corrected chi connectivity index (χ0v) is 10.7. The van der Waals surface area contributed by atoms with Gasteiger partial charge in [0.15, 0.2) is 0 Å². The normalized spacial score (nSPS) is 10.7. The maximum absolute atomic E-state index is 11.5. The number of carbonyl (C=O) groups is 1. The van der Waals surface area contributed by atoms with Crippen molar-refractivity contribution in [3.05, 3.63) is 33.9 Å². The Balaban J connectivity index is 2.51. The van der Waals surface area contributed by atoms with E-state index in [1.54, 1.807) is 13.0 Å². The molecule has 0 aliphatic carbocycles. The molecule has 1 N–H and O–H groups in total. The molecule has 0 aliphatic rings. The first kappa shape index (κ1) is 11.2. The molecule has 0 fully saturated rings. The smallest absolute Gasteiger partial charge is 0.354 e. The molecule has 0 saturated heterocycles. The first-order chi connectivity index (χ1) is 7.61. The van der Waals surface area contributed by atoms with Gasteiger partial charge in [-0.05, 0) is 37.6 Å². The molecule has 2 rings (SSSR count). The second kappa shape index (κ2) is 4.29. The van der Waals surface area contributed by atoms with E-state index in [0.29, 0.717) is 12.3 Å². The maximum atomic E-state index is 11.5. The summed E-state index contributed by atoms with van der Waals surface area (Å²) < 4.78 is 5.92. The van der Waals surface area contributed by atoms with E-state index in [1.807, 2.05) is 19.1 Å². The Morgan fingerprint density at radius 3 is 2.88 bits per heavy atom. The molecular weight excluding hydrogens is 270 g/mol. The van der Waals surface area contributed by atoms with Gasteiger partial charge in [-0.3, -0.25) is 0 Å². The number of hydrogen-bond donors (Lipinski definition) is 1. The minimum Gasteiger partial charge on any atom is -0.461 e. The van der Waals surface area contributed by atoms with Crippen molar-refractivity contribution in [3.8, 4) is 0 Å². The van der Waals surface area contributed by atoms with Crippen LogP contribution in [0.4, 0.5) is 0 Å². The van der Waals surface area contributed by atoms with Crippen molar-refractivity contribution in [2.75, 3.05) is 6.61 Å². The summed E-state index contributed by atoms with van der Waals surface area (Å²) in [6, 6.07) is 5.82. The molecule has 1 aromatic heterocycles. The number of halogens is 1. The van der Waals surface area contributed by atoms with Gasteiger partial charge in [0, 0.05) is 15.4 Å². The number of ether oxygens (including phenoxy) is 1. The number of rotatable bonds is 2. The molecule has 0 amide bonds. The van der Waals surface area contributed by atoms with Gasteiger partial charge in [-0.25, -0.2) is 4.79 Å². The number of aromatic amines is 1. The Morgan fingerprint density at radius 2 is 2.19 bits per heavy atom. The molecule has 84 valence electrons. The summed E-state index contributed by atoms with van der Waals surface area (Å²) in [4.78, 5) is 14.6. The van der Waals surface area contributed by atoms with Gasteiger partial charge >= 0.3 is 5.97 Å². The summed E-state index contributed by atoms with van der Waals surface area (Å²) in [6.07, 6.45) is 0. The molecule has 4 heteroatoms. The predicted octanol–water partition coefficient (Wildman–Crippen LogP) is 3.42. The molecule has 0 radical (unpaired) electrons. The van der Waals surface area contributed by atoms with Crippen LogP contribution in [0.1, 0.15) is 23.0 Å². The quantitative estimate of drug-likeness (QED) is 0.857. The third-order valence-electron chi connectivity index (χ3n) is 2.33. The van der Waals surface area contributed by atoms with E-state index in [2.05, 4.69) is 20.9 Å². The lowest BCUT2D eigenvalue weighted by molar-refractivity contribution is 0.0520. The highest BCUT2D eigenvalue weighted by molar-refractivity contribution is 9.10. The lowest BCUT2D eigenvalue weighted by Crippen LogP contribution is -2.04. The van der Waals surface area contributed by atoms with E-state index in [1.165, 1.54) is 0 Å². The highest BCUT2D eigenvalue weighted by Gasteiger charge is 2.11. The minimum absolute atomic E-state index is 0.316. The van der Waals surface area contributed by atoms with Crippen LogP contribution in [-0.4, -0.2) is 17.6 Å². The number of hydrogen-bond acceptors (Lipinski definition) is 2. The third-order valence-corrected chi connectivity index (χ3v) is 2.98. The van der Waals surface area contributed by atoms with Crippen molar-refractivity contribution in [1.82, 2.24) is 4.98 Å². The number of fused-ring (bicyclic) bond motifs is 1. The fourth-order valence-corrected chi connectivity index (χ4v) is 2.34. The van der Waals surface area contributed by atoms with Gasteiger partial charge < -0.3 is 9.72 Å². The van der Waals surface area contributed by atoms with Crippen LogP contribution in [0.2, 0.25) is 0 Å². The molecule has 0 atom stereocenters. The molecule has 2 aromatic rings. The standard InChI is InChI=1S/C12H12BrNO2/c1-3-16-12(15)11-6-8-9(13)4-7(2)5-10(8)14-11/h4-6,14H,3H2,1-2H3. The van der Waals surface area contributed by atoms with Crippen LogP contribution >= 0.6 is 15.9 Å². The van der Waals surface area contributed by atoms with Gasteiger partial charge in [0.1, 0.15) is 5.69 Å². The first-order valence-electron chi connectivity index (χ1n) is 5.08. The van der Waals surface area contributed by atoms with Crippen molar-refractivity contribution >= 4 is 32.8 Å². The second-order valence-corrected chi connectivity index (χ2v) is 4.47. The van der Waals surface area contributed by atoms with Gasteiger partial charge in [0.05, 0.1) is 6.61 Å². The number of benzene rings is 1. The van der Waals surface area contributed by atoms with E-state index in [0.717, 1.165) is 20.9 Å². The van der Waals surface area contributed by atoms with E-state index < -0.39 is 0 Å². The lowest BCUT2D eigenvalue weighted by Gasteiger charge is -1.97. The summed E-state index contributed by atoms with van der Waals surface area (Å²) >= 11 is 3.48. The number of nitrogens with one attached hydrogen (secondary N) is 1. The maximum Gasteiger partial charge on any atom is 0.354 e. The van der Waals surface area contributed by atoms with Gasteiger partial charge in [-0.2, -0.15) is 0 Å². The molecule has 1 aromatic carbocycles. The zero-order chi connectivity index (χ0) is 11.7. The summed E-state index contributed by atoms with van der Waals surface area (Å²) in [7, 11) is 0. The molecule has 0 unspecified atom stereocenters. The Morgan fingerprint density at radius 1 is 1.44 bits per heavy atom. The van der Waals surface area contributed by atoms with Crippen LogP contribution in [0.3, 0.4) is 0 Å². The second-order valence-electron chi connectivity index (χ2n) is 3.61. The highest BCUT2D eigenvalue weighted by atomic mass is 79.9. The topological polar surface area (TPSA) is 42.1 Å². The molecule has 3 nitrogen and oxygen atoms in total. The van der Waals surface area contributed by atoms with Crippen LogP contribution < -0.4 is 0 Å². The molecule has 16 heavy (non-hydrogen) atoms. The Bertz CT molecular complexity index is 545. The summed E-state index contributed by atoms with van der Waals surface area (Å²) in [5, 5.41) is 0.994. The van der Waals surface area contributed by atoms with Gasteiger partial charge in [-0.15, -0.1) is 0 Å². The number of H-pyrrole nitrogens is 1. The Kier molecular flexibility index (Phi) is 3.01. The number of carbonyl (C=O) groups excluding carboxylic acids is 1. The van der Waals surface area contributed by atoms with Crippen molar-refractivity contribution < 1.29 is 9.53 Å². The zero-order valence-electron chi connectivity index (χ0n) is 9.13. The monoisotopic (exact) mass is 281 g/mol. The molecule has 0 bridgehead atoms. The van der Waals surface area contributed by atoms with Gasteiger partial charge in [0.25, 0.3) is 0 Å². The minimum atomic E-state index is -0.316. The largest absolute Gasteiger partial charge is 0.461 e. The average Bonchev–Trinajstić information content (AvgIpc) is 2.62. The van der Waals surface area contributed by atoms with Crippen LogP contribution in [0.15, 0.2) is 22.7 Å².